The predicted octanol–water partition coefficient (Wildman–Crippen LogP) is 1.96. The summed E-state index contributed by atoms with van der Waals surface area (Å²) in [5, 5.41) is 2.10. The molecule has 0 spiro atoms. The van der Waals surface area contributed by atoms with Gasteiger partial charge in [-0.05, 0) is 32.9 Å². The molecule has 1 aromatic carbocycles. The van der Waals surface area contributed by atoms with Crippen LogP contribution < -0.4 is 5.32 Å². The van der Waals surface area contributed by atoms with E-state index in [0.29, 0.717) is 13.1 Å². The van der Waals surface area contributed by atoms with Gasteiger partial charge in [-0.25, -0.2) is 4.79 Å². The molecule has 1 aromatic rings. The minimum atomic E-state index is -0.979. The number of ether oxygens (including phenoxy) is 1. The molecule has 23 heavy (non-hydrogen) atoms. The van der Waals surface area contributed by atoms with Gasteiger partial charge in [0.05, 0.1) is 0 Å². The first-order chi connectivity index (χ1) is 10.9. The third-order valence-electron chi connectivity index (χ3n) is 3.43. The van der Waals surface area contributed by atoms with Crippen molar-refractivity contribution in [2.24, 2.45) is 0 Å². The molecule has 0 aliphatic carbocycles. The highest BCUT2D eigenvalue weighted by Gasteiger charge is 2.32. The highest BCUT2D eigenvalue weighted by atomic mass is 32.2. The minimum Gasteiger partial charge on any atom is -0.452 e. The molecule has 124 valence electrons. The number of urea groups is 1. The summed E-state index contributed by atoms with van der Waals surface area (Å²) in [6, 6.07) is 7.37. The average molecular weight is 336 g/mol. The zero-order valence-electron chi connectivity index (χ0n) is 13.4. The summed E-state index contributed by atoms with van der Waals surface area (Å²) in [6.07, 6.45) is -0.979. The molecule has 0 unspecified atom stereocenters. The summed E-state index contributed by atoms with van der Waals surface area (Å²) in [4.78, 5) is 37.7. The van der Waals surface area contributed by atoms with Gasteiger partial charge in [0.1, 0.15) is 5.25 Å². The molecule has 1 fully saturated rings. The molecule has 0 saturated carbocycles. The van der Waals surface area contributed by atoms with Crippen LogP contribution in [0.4, 0.5) is 4.79 Å². The van der Waals surface area contributed by atoms with Crippen LogP contribution in [0.3, 0.4) is 0 Å². The highest BCUT2D eigenvalue weighted by Crippen LogP contribution is 2.24. The van der Waals surface area contributed by atoms with Gasteiger partial charge in [-0.2, -0.15) is 0 Å². The quantitative estimate of drug-likeness (QED) is 0.657. The van der Waals surface area contributed by atoms with Crippen molar-refractivity contribution in [3.63, 3.8) is 0 Å². The lowest BCUT2D eigenvalue weighted by molar-refractivity contribution is -0.156. The maximum atomic E-state index is 12.1. The summed E-state index contributed by atoms with van der Waals surface area (Å²) in [6.45, 7) is 5.92. The molecule has 1 aliphatic rings. The number of thioether (sulfide) groups is 1. The van der Waals surface area contributed by atoms with Crippen LogP contribution >= 0.6 is 11.8 Å². The first-order valence-corrected chi connectivity index (χ1v) is 8.29. The van der Waals surface area contributed by atoms with Gasteiger partial charge in [0.15, 0.2) is 6.10 Å². The Hall–Kier alpha value is -2.02. The van der Waals surface area contributed by atoms with Gasteiger partial charge in [0.25, 0.3) is 5.91 Å². The fourth-order valence-corrected chi connectivity index (χ4v) is 2.94. The standard InChI is InChI=1S/C16H20N2O4S/c1-10-4-6-13(7-5-10)23-12(3)15(20)22-11(2)14(19)18-9-8-17-16(18)21/h4-7,11-12H,8-9H2,1-3H3,(H,17,21)/t11-,12-/m0/s1. The lowest BCUT2D eigenvalue weighted by atomic mass is 10.2. The molecule has 6 nitrogen and oxygen atoms in total. The van der Waals surface area contributed by atoms with E-state index in [0.717, 1.165) is 15.4 Å². The van der Waals surface area contributed by atoms with E-state index in [2.05, 4.69) is 5.32 Å². The number of nitrogens with one attached hydrogen (secondary N) is 1. The second-order valence-electron chi connectivity index (χ2n) is 5.37. The summed E-state index contributed by atoms with van der Waals surface area (Å²) in [5.41, 5.74) is 1.15. The monoisotopic (exact) mass is 336 g/mol. The van der Waals surface area contributed by atoms with E-state index in [1.165, 1.54) is 18.7 Å². The SMILES string of the molecule is Cc1ccc(S[C@@H](C)C(=O)O[C@@H](C)C(=O)N2CCNC2=O)cc1. The van der Waals surface area contributed by atoms with E-state index >= 15 is 0 Å². The van der Waals surface area contributed by atoms with Gasteiger partial charge in [-0.1, -0.05) is 17.7 Å². The Bertz CT molecular complexity index is 603. The predicted molar refractivity (Wildman–Crippen MR) is 87.2 cm³/mol. The van der Waals surface area contributed by atoms with Crippen LogP contribution in [0.2, 0.25) is 0 Å². The molecular formula is C16H20N2O4S. The van der Waals surface area contributed by atoms with E-state index in [4.69, 9.17) is 4.74 Å². The Morgan fingerprint density at radius 1 is 1.26 bits per heavy atom. The third kappa shape index (κ3) is 4.48. The Balaban J connectivity index is 1.88. The van der Waals surface area contributed by atoms with Crippen molar-refractivity contribution >= 4 is 29.7 Å². The number of amides is 3. The summed E-state index contributed by atoms with van der Waals surface area (Å²) < 4.78 is 5.20. The molecule has 3 amide bonds. The van der Waals surface area contributed by atoms with Crippen molar-refractivity contribution in [3.8, 4) is 0 Å². The number of nitrogens with zero attached hydrogens (tertiary/aromatic N) is 1. The molecule has 7 heteroatoms. The smallest absolute Gasteiger partial charge is 0.324 e. The van der Waals surface area contributed by atoms with Gasteiger partial charge in [-0.3, -0.25) is 14.5 Å². The molecule has 0 aromatic heterocycles. The van der Waals surface area contributed by atoms with E-state index < -0.39 is 29.3 Å². The van der Waals surface area contributed by atoms with Crippen LogP contribution in [0, 0.1) is 6.92 Å². The topological polar surface area (TPSA) is 75.7 Å². The molecule has 0 bridgehead atoms. The molecule has 2 atom stereocenters. The number of hydrogen-bond donors (Lipinski definition) is 1. The van der Waals surface area contributed by atoms with Gasteiger partial charge in [0.2, 0.25) is 0 Å². The number of carbonyl (C=O) groups is 3. The Kier molecular flexibility index (Phi) is 5.65. The maximum Gasteiger partial charge on any atom is 0.324 e. The lowest BCUT2D eigenvalue weighted by Gasteiger charge is -2.19. The van der Waals surface area contributed by atoms with Crippen molar-refractivity contribution < 1.29 is 19.1 Å². The third-order valence-corrected chi connectivity index (χ3v) is 4.52. The minimum absolute atomic E-state index is 0.299. The van der Waals surface area contributed by atoms with E-state index in [-0.39, 0.29) is 0 Å². The van der Waals surface area contributed by atoms with Crippen LogP contribution in [0.15, 0.2) is 29.2 Å². The molecule has 0 radical (unpaired) electrons. The molecule has 1 saturated heterocycles. The first-order valence-electron chi connectivity index (χ1n) is 7.41. The normalized spacial score (nSPS) is 16.7. The van der Waals surface area contributed by atoms with Crippen LogP contribution in [0.25, 0.3) is 0 Å². The second-order valence-corrected chi connectivity index (χ2v) is 6.79. The molecule has 1 N–H and O–H groups in total. The second kappa shape index (κ2) is 7.50. The zero-order chi connectivity index (χ0) is 17.0. The van der Waals surface area contributed by atoms with Crippen LogP contribution in [-0.2, 0) is 14.3 Å². The van der Waals surface area contributed by atoms with Gasteiger partial charge < -0.3 is 10.1 Å². The maximum absolute atomic E-state index is 12.1. The fourth-order valence-electron chi connectivity index (χ4n) is 2.09. The number of hydrogen-bond acceptors (Lipinski definition) is 5. The number of carbonyl (C=O) groups excluding carboxylic acids is 3. The Labute approximate surface area is 139 Å². The fraction of sp³-hybridized carbons (Fsp3) is 0.438. The van der Waals surface area contributed by atoms with Crippen LogP contribution in [-0.4, -0.2) is 47.3 Å². The van der Waals surface area contributed by atoms with Gasteiger partial charge >= 0.3 is 12.0 Å². The summed E-state index contributed by atoms with van der Waals surface area (Å²) >= 11 is 1.37. The number of aryl methyl sites for hydroxylation is 1. The number of esters is 1. The van der Waals surface area contributed by atoms with Gasteiger partial charge in [-0.15, -0.1) is 11.8 Å². The summed E-state index contributed by atoms with van der Waals surface area (Å²) in [7, 11) is 0. The van der Waals surface area contributed by atoms with Crippen molar-refractivity contribution in [2.45, 2.75) is 37.0 Å². The molecular weight excluding hydrogens is 316 g/mol. The first kappa shape index (κ1) is 17.3. The van der Waals surface area contributed by atoms with Crippen molar-refractivity contribution in [2.75, 3.05) is 13.1 Å². The van der Waals surface area contributed by atoms with E-state index in [1.54, 1.807) is 6.92 Å². The van der Waals surface area contributed by atoms with Gasteiger partial charge in [0, 0.05) is 18.0 Å². The lowest BCUT2D eigenvalue weighted by Crippen LogP contribution is -2.42. The number of benzene rings is 1. The average Bonchev–Trinajstić information content (AvgIpc) is 2.94. The largest absolute Gasteiger partial charge is 0.452 e. The zero-order valence-corrected chi connectivity index (χ0v) is 14.2. The highest BCUT2D eigenvalue weighted by molar-refractivity contribution is 8.00. The van der Waals surface area contributed by atoms with E-state index in [9.17, 15) is 14.4 Å². The van der Waals surface area contributed by atoms with Crippen LogP contribution in [0.5, 0.6) is 0 Å². The van der Waals surface area contributed by atoms with Crippen molar-refractivity contribution in [3.05, 3.63) is 29.8 Å². The number of rotatable bonds is 5. The molecule has 1 aliphatic heterocycles. The van der Waals surface area contributed by atoms with E-state index in [1.807, 2.05) is 31.2 Å². The van der Waals surface area contributed by atoms with Crippen LogP contribution in [0.1, 0.15) is 19.4 Å². The number of imide groups is 1. The Morgan fingerprint density at radius 3 is 2.48 bits per heavy atom. The molecule has 2 rings (SSSR count). The Morgan fingerprint density at radius 2 is 1.91 bits per heavy atom. The van der Waals surface area contributed by atoms with Crippen molar-refractivity contribution in [1.29, 1.82) is 0 Å². The van der Waals surface area contributed by atoms with Crippen molar-refractivity contribution in [1.82, 2.24) is 10.2 Å². The molecule has 1 heterocycles. The summed E-state index contributed by atoms with van der Waals surface area (Å²) in [5.74, 6) is -0.975.